The van der Waals surface area contributed by atoms with Crippen LogP contribution in [0.25, 0.3) is 0 Å². The van der Waals surface area contributed by atoms with Gasteiger partial charge in [-0.3, -0.25) is 37.3 Å². The first-order chi connectivity index (χ1) is 44.9. The number of unbranched alkanes of at least 4 members (excludes halogenated alkanes) is 42. The van der Waals surface area contributed by atoms with Gasteiger partial charge in [0.05, 0.1) is 26.4 Å². The van der Waals surface area contributed by atoms with Crippen LogP contribution in [0, 0.1) is 11.8 Å². The van der Waals surface area contributed by atoms with Crippen LogP contribution in [0.2, 0.25) is 0 Å². The molecule has 0 aromatic rings. The summed E-state index contributed by atoms with van der Waals surface area (Å²) in [6.07, 6.45) is 52.8. The fourth-order valence-electron chi connectivity index (χ4n) is 11.3. The molecule has 0 spiro atoms. The van der Waals surface area contributed by atoms with Crippen LogP contribution in [0.5, 0.6) is 0 Å². The summed E-state index contributed by atoms with van der Waals surface area (Å²) >= 11 is 0. The summed E-state index contributed by atoms with van der Waals surface area (Å²) in [6, 6.07) is 0. The predicted molar refractivity (Wildman–Crippen MR) is 377 cm³/mol. The number of ether oxygens (including phenoxy) is 4. The Balaban J connectivity index is 5.20. The van der Waals surface area contributed by atoms with Gasteiger partial charge in [-0.2, -0.15) is 0 Å². The molecule has 0 saturated heterocycles. The van der Waals surface area contributed by atoms with Crippen molar-refractivity contribution < 1.29 is 80.2 Å². The maximum Gasteiger partial charge on any atom is 0.472 e. The Morgan fingerprint density at radius 1 is 0.312 bits per heavy atom. The average molecular weight is 1370 g/mol. The van der Waals surface area contributed by atoms with Gasteiger partial charge in [0.2, 0.25) is 0 Å². The molecule has 17 nitrogen and oxygen atoms in total. The number of carbonyl (C=O) groups excluding carboxylic acids is 4. The quantitative estimate of drug-likeness (QED) is 0.0222. The van der Waals surface area contributed by atoms with E-state index in [4.69, 9.17) is 37.0 Å². The maximum absolute atomic E-state index is 13.1. The normalized spacial score (nSPS) is 14.3. The van der Waals surface area contributed by atoms with Crippen LogP contribution in [-0.2, 0) is 65.4 Å². The van der Waals surface area contributed by atoms with Crippen LogP contribution in [0.1, 0.15) is 382 Å². The van der Waals surface area contributed by atoms with Gasteiger partial charge in [0, 0.05) is 25.7 Å². The van der Waals surface area contributed by atoms with Crippen molar-refractivity contribution in [2.45, 2.75) is 400 Å². The molecule has 19 heteroatoms. The van der Waals surface area contributed by atoms with Crippen LogP contribution in [0.4, 0.5) is 0 Å². The second-order valence-corrected chi connectivity index (χ2v) is 30.3. The zero-order valence-electron chi connectivity index (χ0n) is 60.6. The van der Waals surface area contributed by atoms with E-state index in [0.717, 1.165) is 102 Å². The van der Waals surface area contributed by atoms with Gasteiger partial charge in [0.15, 0.2) is 12.2 Å². The summed E-state index contributed by atoms with van der Waals surface area (Å²) in [6.45, 7) is 9.52. The monoisotopic (exact) mass is 1370 g/mol. The maximum atomic E-state index is 13.1. The minimum Gasteiger partial charge on any atom is -0.462 e. The number of phosphoric ester groups is 2. The third-order valence-corrected chi connectivity index (χ3v) is 19.5. The Kier molecular flexibility index (Phi) is 64.6. The first-order valence-electron chi connectivity index (χ1n) is 38.5. The van der Waals surface area contributed by atoms with Crippen molar-refractivity contribution in [2.24, 2.45) is 11.8 Å². The highest BCUT2D eigenvalue weighted by molar-refractivity contribution is 7.47. The molecule has 0 radical (unpaired) electrons. The van der Waals surface area contributed by atoms with Crippen molar-refractivity contribution in [1.29, 1.82) is 0 Å². The van der Waals surface area contributed by atoms with Gasteiger partial charge >= 0.3 is 39.5 Å². The largest absolute Gasteiger partial charge is 0.472 e. The molecule has 0 fully saturated rings. The molecule has 93 heavy (non-hydrogen) atoms. The summed E-state index contributed by atoms with van der Waals surface area (Å²) in [5.74, 6) is -0.638. The molecule has 0 aliphatic carbocycles. The van der Waals surface area contributed by atoms with E-state index in [1.807, 2.05) is 0 Å². The summed E-state index contributed by atoms with van der Waals surface area (Å²) in [7, 11) is -9.91. The SMILES string of the molecule is CCCCCCCCCCCCCCCCCCCCCCC(=O)O[C@H](COC(=O)CCCCCCCCCCC(C)CC)COP(=O)(O)OC[C@@H](O)COP(=O)(O)OC[C@@H](COC(=O)CCCCCCCCCC(C)C)OC(=O)CCCCCCCCCCCCC. The number of rotatable bonds is 73. The molecule has 3 unspecified atom stereocenters. The first kappa shape index (κ1) is 91.1. The third kappa shape index (κ3) is 67.0. The lowest BCUT2D eigenvalue weighted by Gasteiger charge is -2.21. The van der Waals surface area contributed by atoms with Gasteiger partial charge in [-0.1, -0.05) is 330 Å². The molecule has 0 aromatic heterocycles. The number of aliphatic hydroxyl groups excluding tert-OH is 1. The Hall–Kier alpha value is -1.94. The number of carbonyl (C=O) groups is 4. The molecule has 0 aromatic carbocycles. The minimum atomic E-state index is -4.95. The standard InChI is InChI=1S/C74H144O17P2/c1-7-10-12-14-16-18-20-21-22-23-24-25-26-27-28-30-32-40-47-53-59-74(79)90-69(62-84-71(76)56-50-44-38-34-33-37-43-49-55-67(6)9-3)64-88-92(80,81)86-60-68(75)61-87-93(82,83)89-65-70(63-85-72(77)57-51-45-41-35-36-42-48-54-66(4)5)91-73(78)58-52-46-39-31-29-19-17-15-13-11-8-2/h66-70,75H,7-65H2,1-6H3,(H,80,81)(H,82,83)/t67?,68-,69-,70-/m1/s1. The highest BCUT2D eigenvalue weighted by atomic mass is 31.2. The van der Waals surface area contributed by atoms with Crippen LogP contribution in [-0.4, -0.2) is 96.7 Å². The summed E-state index contributed by atoms with van der Waals surface area (Å²) in [5.41, 5.74) is 0. The van der Waals surface area contributed by atoms with E-state index in [0.29, 0.717) is 31.6 Å². The van der Waals surface area contributed by atoms with Crippen molar-refractivity contribution in [3.8, 4) is 0 Å². The van der Waals surface area contributed by atoms with E-state index >= 15 is 0 Å². The number of phosphoric acid groups is 2. The Labute approximate surface area is 568 Å². The molecule has 0 aliphatic heterocycles. The van der Waals surface area contributed by atoms with E-state index in [9.17, 15) is 43.2 Å². The number of hydrogen-bond donors (Lipinski definition) is 3. The van der Waals surface area contributed by atoms with Gasteiger partial charge in [-0.15, -0.1) is 0 Å². The summed E-state index contributed by atoms with van der Waals surface area (Å²) < 4.78 is 68.4. The molecule has 0 rings (SSSR count). The van der Waals surface area contributed by atoms with E-state index < -0.39 is 97.5 Å². The predicted octanol–water partition coefficient (Wildman–Crippen LogP) is 21.6. The molecule has 6 atom stereocenters. The van der Waals surface area contributed by atoms with Gasteiger partial charge in [-0.05, 0) is 37.5 Å². The summed E-state index contributed by atoms with van der Waals surface area (Å²) in [5, 5.41) is 10.6. The van der Waals surface area contributed by atoms with Crippen molar-refractivity contribution in [3.63, 3.8) is 0 Å². The van der Waals surface area contributed by atoms with Gasteiger partial charge in [0.25, 0.3) is 0 Å². The zero-order chi connectivity index (χ0) is 68.6. The van der Waals surface area contributed by atoms with Crippen LogP contribution in [0.3, 0.4) is 0 Å². The lowest BCUT2D eigenvalue weighted by atomic mass is 9.99. The van der Waals surface area contributed by atoms with E-state index in [2.05, 4.69) is 41.5 Å². The van der Waals surface area contributed by atoms with Crippen LogP contribution >= 0.6 is 15.6 Å². The van der Waals surface area contributed by atoms with Crippen molar-refractivity contribution in [1.82, 2.24) is 0 Å². The average Bonchev–Trinajstić information content (AvgIpc) is 2.61. The van der Waals surface area contributed by atoms with Crippen molar-refractivity contribution >= 4 is 39.5 Å². The molecule has 0 amide bonds. The minimum absolute atomic E-state index is 0.106. The van der Waals surface area contributed by atoms with Crippen molar-refractivity contribution in [2.75, 3.05) is 39.6 Å². The highest BCUT2D eigenvalue weighted by Gasteiger charge is 2.30. The lowest BCUT2D eigenvalue weighted by Crippen LogP contribution is -2.30. The Morgan fingerprint density at radius 2 is 0.548 bits per heavy atom. The van der Waals surface area contributed by atoms with Gasteiger partial charge in [0.1, 0.15) is 19.3 Å². The van der Waals surface area contributed by atoms with Gasteiger partial charge in [-0.25, -0.2) is 9.13 Å². The first-order valence-corrected chi connectivity index (χ1v) is 41.5. The fourth-order valence-corrected chi connectivity index (χ4v) is 12.8. The van der Waals surface area contributed by atoms with Crippen LogP contribution in [0.15, 0.2) is 0 Å². The molecule has 0 saturated carbocycles. The molecule has 0 aliphatic rings. The Bertz CT molecular complexity index is 1810. The summed E-state index contributed by atoms with van der Waals surface area (Å²) in [4.78, 5) is 72.7. The lowest BCUT2D eigenvalue weighted by molar-refractivity contribution is -0.161. The number of esters is 4. The van der Waals surface area contributed by atoms with Crippen LogP contribution < -0.4 is 0 Å². The second kappa shape index (κ2) is 66.0. The molecule has 0 bridgehead atoms. The number of hydrogen-bond acceptors (Lipinski definition) is 15. The molecule has 3 N–H and O–H groups in total. The van der Waals surface area contributed by atoms with E-state index in [1.54, 1.807) is 0 Å². The smallest absolute Gasteiger partial charge is 0.462 e. The molecular formula is C74H144O17P2. The molecule has 0 heterocycles. The zero-order valence-corrected chi connectivity index (χ0v) is 62.3. The van der Waals surface area contributed by atoms with E-state index in [1.165, 1.54) is 193 Å². The highest BCUT2D eigenvalue weighted by Crippen LogP contribution is 2.45. The fraction of sp³-hybridized carbons (Fsp3) is 0.946. The van der Waals surface area contributed by atoms with Gasteiger partial charge < -0.3 is 33.8 Å². The third-order valence-electron chi connectivity index (χ3n) is 17.6. The Morgan fingerprint density at radius 3 is 0.817 bits per heavy atom. The van der Waals surface area contributed by atoms with E-state index in [-0.39, 0.29) is 25.7 Å². The molecular weight excluding hydrogens is 1220 g/mol. The number of aliphatic hydroxyl groups is 1. The van der Waals surface area contributed by atoms with Crippen molar-refractivity contribution in [3.05, 3.63) is 0 Å². The second-order valence-electron chi connectivity index (χ2n) is 27.4. The topological polar surface area (TPSA) is 237 Å². The molecule has 552 valence electrons.